The Kier molecular flexibility index (Phi) is 4.27. The second-order valence-corrected chi connectivity index (χ2v) is 8.90. The molecule has 152 valence electrons. The van der Waals surface area contributed by atoms with E-state index in [1.807, 2.05) is 26.0 Å². The highest BCUT2D eigenvalue weighted by atomic mass is 32.5. The highest BCUT2D eigenvalue weighted by Gasteiger charge is 2.65. The van der Waals surface area contributed by atoms with Crippen LogP contribution in [-0.4, -0.2) is 15.3 Å². The minimum atomic E-state index is -9.70. The summed E-state index contributed by atoms with van der Waals surface area (Å²) in [7, 11) is -9.70. The van der Waals surface area contributed by atoms with Crippen LogP contribution in [-0.2, 0) is 13.0 Å². The van der Waals surface area contributed by atoms with Crippen LogP contribution < -0.4 is 5.32 Å². The maximum atomic E-state index is 12.8. The van der Waals surface area contributed by atoms with Gasteiger partial charge in [-0.15, -0.1) is 0 Å². The topological polar surface area (TPSA) is 46.4 Å². The number of nitrogens with one attached hydrogen (secondary N) is 1. The first kappa shape index (κ1) is 20.1. The van der Waals surface area contributed by atoms with Crippen molar-refractivity contribution in [2.75, 3.05) is 0 Å². The molecule has 0 unspecified atom stereocenters. The molecule has 0 spiro atoms. The molecule has 0 aliphatic carbocycles. The number of hydrogen-bond acceptors (Lipinski definition) is 2. The average Bonchev–Trinajstić information content (AvgIpc) is 2.95. The number of amides is 1. The maximum absolute atomic E-state index is 12.8. The van der Waals surface area contributed by atoms with E-state index in [9.17, 15) is 24.2 Å². The van der Waals surface area contributed by atoms with E-state index in [2.05, 4.69) is 10.3 Å². The Morgan fingerprint density at radius 1 is 1.11 bits per heavy atom. The van der Waals surface area contributed by atoms with Gasteiger partial charge in [0.2, 0.25) is 0 Å². The summed E-state index contributed by atoms with van der Waals surface area (Å²) in [5.74, 6) is -0.454. The van der Waals surface area contributed by atoms with Gasteiger partial charge in [-0.3, -0.25) is 9.20 Å². The Labute approximate surface area is 158 Å². The van der Waals surface area contributed by atoms with Gasteiger partial charge in [0.1, 0.15) is 16.2 Å². The summed E-state index contributed by atoms with van der Waals surface area (Å²) in [4.78, 5) is 15.1. The van der Waals surface area contributed by atoms with Gasteiger partial charge >= 0.3 is 10.2 Å². The zero-order valence-electron chi connectivity index (χ0n) is 15.1. The first-order chi connectivity index (χ1) is 12.8. The lowest BCUT2D eigenvalue weighted by atomic mass is 10.2. The summed E-state index contributed by atoms with van der Waals surface area (Å²) in [5, 5.41) is 2.60. The van der Waals surface area contributed by atoms with Crippen LogP contribution in [0.2, 0.25) is 0 Å². The Balaban J connectivity index is 1.81. The number of carbonyl (C=O) groups excluding carboxylic acids is 1. The highest BCUT2D eigenvalue weighted by Crippen LogP contribution is 3.02. The number of nitrogens with zero attached hydrogens (tertiary/aromatic N) is 2. The van der Waals surface area contributed by atoms with E-state index < -0.39 is 21.0 Å². The molecule has 0 aliphatic heterocycles. The normalized spacial score (nSPS) is 14.5. The molecule has 3 aromatic rings. The van der Waals surface area contributed by atoms with Gasteiger partial charge in [0.05, 0.1) is 5.69 Å². The van der Waals surface area contributed by atoms with E-state index in [1.165, 1.54) is 0 Å². The molecule has 1 aromatic carbocycles. The van der Waals surface area contributed by atoms with E-state index in [4.69, 9.17) is 0 Å². The predicted octanol–water partition coefficient (Wildman–Crippen LogP) is 5.79. The molecule has 2 heterocycles. The van der Waals surface area contributed by atoms with Gasteiger partial charge in [-0.1, -0.05) is 38.5 Å². The lowest BCUT2D eigenvalue weighted by Gasteiger charge is -2.40. The number of halogens is 5. The van der Waals surface area contributed by atoms with Gasteiger partial charge in [0, 0.05) is 12.7 Å². The Morgan fingerprint density at radius 2 is 1.75 bits per heavy atom. The van der Waals surface area contributed by atoms with Crippen molar-refractivity contribution < 1.29 is 24.2 Å². The summed E-state index contributed by atoms with van der Waals surface area (Å²) in [5.41, 5.74) is 2.78. The van der Waals surface area contributed by atoms with Crippen molar-refractivity contribution in [3.63, 3.8) is 0 Å². The summed E-state index contributed by atoms with van der Waals surface area (Å²) < 4.78 is 65.4. The highest BCUT2D eigenvalue weighted by molar-refractivity contribution is 8.45. The molecule has 2 aromatic heterocycles. The third-order valence-corrected chi connectivity index (χ3v) is 5.39. The molecule has 28 heavy (non-hydrogen) atoms. The van der Waals surface area contributed by atoms with Crippen molar-refractivity contribution >= 4 is 21.8 Å². The minimum Gasteiger partial charge on any atom is -0.347 e. The molecule has 0 saturated heterocycles. The lowest BCUT2D eigenvalue weighted by Crippen LogP contribution is -2.25. The minimum absolute atomic E-state index is 0.109. The van der Waals surface area contributed by atoms with E-state index in [-0.39, 0.29) is 12.1 Å². The molecule has 1 amide bonds. The third-order valence-electron chi connectivity index (χ3n) is 4.23. The van der Waals surface area contributed by atoms with Crippen molar-refractivity contribution in [1.29, 1.82) is 0 Å². The lowest BCUT2D eigenvalue weighted by molar-refractivity contribution is 0.0944. The molecule has 10 heteroatoms. The van der Waals surface area contributed by atoms with Crippen LogP contribution in [0.15, 0.2) is 47.5 Å². The number of aromatic nitrogens is 2. The summed E-state index contributed by atoms with van der Waals surface area (Å²) >= 11 is 0. The number of aryl methyl sites for hydroxylation is 2. The molecule has 0 radical (unpaired) electrons. The molecular weight excluding hydrogens is 401 g/mol. The van der Waals surface area contributed by atoms with Crippen LogP contribution >= 0.6 is 10.2 Å². The largest absolute Gasteiger partial charge is 0.347 e. The summed E-state index contributed by atoms with van der Waals surface area (Å²) in [6.07, 6.45) is 2.23. The van der Waals surface area contributed by atoms with Gasteiger partial charge in [-0.2, -0.15) is 0 Å². The second kappa shape index (κ2) is 5.94. The van der Waals surface area contributed by atoms with Crippen LogP contribution in [0.5, 0.6) is 0 Å². The van der Waals surface area contributed by atoms with Crippen molar-refractivity contribution in [3.8, 4) is 0 Å². The zero-order chi connectivity index (χ0) is 20.8. The van der Waals surface area contributed by atoms with E-state index >= 15 is 0 Å². The standard InChI is InChI=1S/C18H18F5N3OS/c1-3-15-17(26-9-8-12(2)10-16(26)25-15)18(27)24-11-13-4-6-14(7-5-13)28(19,20,21,22)23/h4-10H,3,11H2,1-2H3,(H,24,27). The number of fused-ring (bicyclic) bond motifs is 1. The fourth-order valence-electron chi connectivity index (χ4n) is 2.81. The fourth-order valence-corrected chi connectivity index (χ4v) is 3.46. The third kappa shape index (κ3) is 4.11. The molecular formula is C18H18F5N3OS. The van der Waals surface area contributed by atoms with Crippen molar-refractivity contribution in [2.45, 2.75) is 31.7 Å². The zero-order valence-corrected chi connectivity index (χ0v) is 15.9. The van der Waals surface area contributed by atoms with Crippen molar-refractivity contribution in [2.24, 2.45) is 0 Å². The van der Waals surface area contributed by atoms with Crippen molar-refractivity contribution in [3.05, 3.63) is 65.1 Å². The van der Waals surface area contributed by atoms with Gasteiger partial charge in [-0.05, 0) is 48.7 Å². The number of rotatable bonds is 5. The van der Waals surface area contributed by atoms with Crippen LogP contribution in [0.3, 0.4) is 0 Å². The number of carbonyl (C=O) groups is 1. The molecule has 4 nitrogen and oxygen atoms in total. The van der Waals surface area contributed by atoms with Gasteiger partial charge in [0.15, 0.2) is 0 Å². The van der Waals surface area contributed by atoms with Crippen LogP contribution in [0, 0.1) is 6.92 Å². The first-order valence-corrected chi connectivity index (χ1v) is 10.3. The van der Waals surface area contributed by atoms with Crippen LogP contribution in [0.4, 0.5) is 19.4 Å². The molecule has 1 N–H and O–H groups in total. The molecule has 3 rings (SSSR count). The van der Waals surface area contributed by atoms with E-state index in [0.717, 1.165) is 17.7 Å². The monoisotopic (exact) mass is 419 g/mol. The van der Waals surface area contributed by atoms with E-state index in [1.54, 1.807) is 10.6 Å². The molecule has 0 atom stereocenters. The number of benzene rings is 1. The summed E-state index contributed by atoms with van der Waals surface area (Å²) in [6.45, 7) is 3.64. The number of imidazole rings is 1. The van der Waals surface area contributed by atoms with Gasteiger partial charge in [-0.25, -0.2) is 4.98 Å². The van der Waals surface area contributed by atoms with Gasteiger partial charge < -0.3 is 5.32 Å². The Bertz CT molecular complexity index is 1060. The Morgan fingerprint density at radius 3 is 2.32 bits per heavy atom. The quantitative estimate of drug-likeness (QED) is 0.532. The fraction of sp³-hybridized carbons (Fsp3) is 0.222. The molecule has 0 aliphatic rings. The molecule has 0 fully saturated rings. The van der Waals surface area contributed by atoms with Crippen LogP contribution in [0.25, 0.3) is 5.65 Å². The molecule has 0 bridgehead atoms. The maximum Gasteiger partial charge on any atom is 0.310 e. The average molecular weight is 419 g/mol. The first-order valence-electron chi connectivity index (χ1n) is 8.37. The molecule has 0 saturated carbocycles. The van der Waals surface area contributed by atoms with Gasteiger partial charge in [0.25, 0.3) is 5.91 Å². The van der Waals surface area contributed by atoms with E-state index in [0.29, 0.717) is 35.6 Å². The SMILES string of the molecule is CCc1nc2cc(C)ccn2c1C(=O)NCc1ccc(S(F)(F)(F)(F)F)cc1. The smallest absolute Gasteiger partial charge is 0.310 e. The summed E-state index contributed by atoms with van der Waals surface area (Å²) in [6, 6.07) is 6.16. The second-order valence-electron chi connectivity index (χ2n) is 6.49. The Hall–Kier alpha value is -2.62. The van der Waals surface area contributed by atoms with Crippen molar-refractivity contribution in [1.82, 2.24) is 14.7 Å². The number of pyridine rings is 1. The van der Waals surface area contributed by atoms with Crippen LogP contribution in [0.1, 0.15) is 34.2 Å². The number of hydrogen-bond donors (Lipinski definition) is 1. The predicted molar refractivity (Wildman–Crippen MR) is 98.3 cm³/mol.